The highest BCUT2D eigenvalue weighted by Crippen LogP contribution is 2.39. The Bertz CT molecular complexity index is 215. The zero-order chi connectivity index (χ0) is 10.9. The molecule has 14 heavy (non-hydrogen) atoms. The third-order valence-corrected chi connectivity index (χ3v) is 3.55. The van der Waals surface area contributed by atoms with Crippen LogP contribution in [0.4, 0.5) is 0 Å². The SMILES string of the molecule is CC(N)C1CC(C(C)(C)C)CCC1=O. The zero-order valence-electron chi connectivity index (χ0n) is 9.84. The first kappa shape index (κ1) is 11.7. The van der Waals surface area contributed by atoms with Gasteiger partial charge in [0.25, 0.3) is 0 Å². The van der Waals surface area contributed by atoms with Crippen LogP contribution < -0.4 is 5.73 Å². The Morgan fingerprint density at radius 2 is 2.00 bits per heavy atom. The molecule has 0 heterocycles. The molecule has 2 N–H and O–H groups in total. The molecule has 2 nitrogen and oxygen atoms in total. The smallest absolute Gasteiger partial charge is 0.137 e. The van der Waals surface area contributed by atoms with Crippen molar-refractivity contribution in [3.05, 3.63) is 0 Å². The van der Waals surface area contributed by atoms with E-state index in [9.17, 15) is 4.79 Å². The molecule has 82 valence electrons. The maximum Gasteiger partial charge on any atom is 0.137 e. The van der Waals surface area contributed by atoms with Crippen LogP contribution in [0, 0.1) is 17.3 Å². The van der Waals surface area contributed by atoms with Crippen molar-refractivity contribution in [3.8, 4) is 0 Å². The number of rotatable bonds is 1. The molecule has 1 saturated carbocycles. The second-order valence-electron chi connectivity index (χ2n) is 5.77. The third kappa shape index (κ3) is 2.57. The molecule has 0 saturated heterocycles. The molecule has 3 unspecified atom stereocenters. The lowest BCUT2D eigenvalue weighted by Gasteiger charge is -2.38. The van der Waals surface area contributed by atoms with Crippen molar-refractivity contribution < 1.29 is 4.79 Å². The van der Waals surface area contributed by atoms with Crippen molar-refractivity contribution >= 4 is 5.78 Å². The third-order valence-electron chi connectivity index (χ3n) is 3.55. The molecule has 1 rings (SSSR count). The number of nitrogens with two attached hydrogens (primary N) is 1. The van der Waals surface area contributed by atoms with Crippen LogP contribution in [0.15, 0.2) is 0 Å². The van der Waals surface area contributed by atoms with Gasteiger partial charge < -0.3 is 5.73 Å². The summed E-state index contributed by atoms with van der Waals surface area (Å²) in [6.07, 6.45) is 2.76. The molecule has 1 fully saturated rings. The van der Waals surface area contributed by atoms with Crippen molar-refractivity contribution in [1.82, 2.24) is 0 Å². The molecule has 1 aliphatic rings. The molecule has 0 radical (unpaired) electrons. The molecule has 0 aliphatic heterocycles. The van der Waals surface area contributed by atoms with Crippen LogP contribution in [0.1, 0.15) is 47.0 Å². The van der Waals surface area contributed by atoms with Crippen molar-refractivity contribution in [2.75, 3.05) is 0 Å². The predicted octanol–water partition coefficient (Wildman–Crippen LogP) is 2.37. The minimum absolute atomic E-state index is 0.0210. The van der Waals surface area contributed by atoms with Gasteiger partial charge in [0.1, 0.15) is 5.78 Å². The van der Waals surface area contributed by atoms with Crippen LogP contribution in [-0.4, -0.2) is 11.8 Å². The van der Waals surface area contributed by atoms with Gasteiger partial charge in [0.15, 0.2) is 0 Å². The number of carbonyl (C=O) groups excluding carboxylic acids is 1. The maximum atomic E-state index is 11.6. The monoisotopic (exact) mass is 197 g/mol. The molecule has 0 spiro atoms. The van der Waals surface area contributed by atoms with E-state index in [4.69, 9.17) is 5.73 Å². The molecule has 0 amide bonds. The van der Waals surface area contributed by atoms with Crippen molar-refractivity contribution in [1.29, 1.82) is 0 Å². The lowest BCUT2D eigenvalue weighted by atomic mass is 9.67. The first-order chi connectivity index (χ1) is 6.32. The predicted molar refractivity (Wildman–Crippen MR) is 58.9 cm³/mol. The van der Waals surface area contributed by atoms with Crippen molar-refractivity contribution in [2.24, 2.45) is 23.0 Å². The van der Waals surface area contributed by atoms with E-state index in [-0.39, 0.29) is 12.0 Å². The highest BCUT2D eigenvalue weighted by molar-refractivity contribution is 5.82. The Morgan fingerprint density at radius 3 is 2.43 bits per heavy atom. The lowest BCUT2D eigenvalue weighted by molar-refractivity contribution is -0.127. The van der Waals surface area contributed by atoms with E-state index in [0.29, 0.717) is 17.1 Å². The van der Waals surface area contributed by atoms with Crippen molar-refractivity contribution in [2.45, 2.75) is 53.0 Å². The Balaban J connectivity index is 2.67. The molecule has 2 heteroatoms. The molecule has 3 atom stereocenters. The van der Waals surface area contributed by atoms with E-state index >= 15 is 0 Å². The van der Waals surface area contributed by atoms with Gasteiger partial charge in [0, 0.05) is 18.4 Å². The molecule has 0 aromatic carbocycles. The largest absolute Gasteiger partial charge is 0.327 e. The highest BCUT2D eigenvalue weighted by atomic mass is 16.1. The normalized spacial score (nSPS) is 31.6. The summed E-state index contributed by atoms with van der Waals surface area (Å²) in [5.41, 5.74) is 6.16. The number of carbonyl (C=O) groups is 1. The summed E-state index contributed by atoms with van der Waals surface area (Å²) < 4.78 is 0. The van der Waals surface area contributed by atoms with Crippen LogP contribution in [0.3, 0.4) is 0 Å². The van der Waals surface area contributed by atoms with E-state index in [1.165, 1.54) is 0 Å². The van der Waals surface area contributed by atoms with Gasteiger partial charge in [0.05, 0.1) is 0 Å². The standard InChI is InChI=1S/C12H23NO/c1-8(13)10-7-9(12(2,3)4)5-6-11(10)14/h8-10H,5-7,13H2,1-4H3. The van der Waals surface area contributed by atoms with Gasteiger partial charge >= 0.3 is 0 Å². The number of ketones is 1. The Labute approximate surface area is 87.2 Å². The van der Waals surface area contributed by atoms with Gasteiger partial charge in [-0.15, -0.1) is 0 Å². The Hall–Kier alpha value is -0.370. The fourth-order valence-electron chi connectivity index (χ4n) is 2.35. The zero-order valence-corrected chi connectivity index (χ0v) is 9.84. The van der Waals surface area contributed by atoms with E-state index in [0.717, 1.165) is 19.3 Å². The summed E-state index contributed by atoms with van der Waals surface area (Å²) in [5.74, 6) is 1.13. The highest BCUT2D eigenvalue weighted by Gasteiger charge is 2.36. The number of hydrogen-bond donors (Lipinski definition) is 1. The van der Waals surface area contributed by atoms with Crippen LogP contribution in [0.25, 0.3) is 0 Å². The molecule has 0 aromatic heterocycles. The van der Waals surface area contributed by atoms with Gasteiger partial charge in [-0.2, -0.15) is 0 Å². The van der Waals surface area contributed by atoms with Gasteiger partial charge in [-0.25, -0.2) is 0 Å². The van der Waals surface area contributed by atoms with E-state index in [1.54, 1.807) is 0 Å². The first-order valence-electron chi connectivity index (χ1n) is 5.60. The fourth-order valence-corrected chi connectivity index (χ4v) is 2.35. The summed E-state index contributed by atoms with van der Waals surface area (Å²) in [4.78, 5) is 11.6. The summed E-state index contributed by atoms with van der Waals surface area (Å²) in [7, 11) is 0. The second-order valence-corrected chi connectivity index (χ2v) is 5.77. The fraction of sp³-hybridized carbons (Fsp3) is 0.917. The quantitative estimate of drug-likeness (QED) is 0.701. The van der Waals surface area contributed by atoms with Crippen LogP contribution >= 0.6 is 0 Å². The molecule has 0 bridgehead atoms. The van der Waals surface area contributed by atoms with Crippen LogP contribution in [0.2, 0.25) is 0 Å². The number of Topliss-reactive ketones (excluding diaryl/α,β-unsaturated/α-hetero) is 1. The van der Waals surface area contributed by atoms with E-state index in [2.05, 4.69) is 20.8 Å². The topological polar surface area (TPSA) is 43.1 Å². The summed E-state index contributed by atoms with van der Waals surface area (Å²) in [5, 5.41) is 0. The number of hydrogen-bond acceptors (Lipinski definition) is 2. The average molecular weight is 197 g/mol. The minimum Gasteiger partial charge on any atom is -0.327 e. The van der Waals surface area contributed by atoms with E-state index < -0.39 is 0 Å². The average Bonchev–Trinajstić information content (AvgIpc) is 2.02. The van der Waals surface area contributed by atoms with Crippen LogP contribution in [0.5, 0.6) is 0 Å². The first-order valence-corrected chi connectivity index (χ1v) is 5.60. The van der Waals surface area contributed by atoms with Gasteiger partial charge in [-0.1, -0.05) is 20.8 Å². The second kappa shape index (κ2) is 4.01. The summed E-state index contributed by atoms with van der Waals surface area (Å²) in [6, 6.07) is 0.0210. The van der Waals surface area contributed by atoms with Crippen molar-refractivity contribution in [3.63, 3.8) is 0 Å². The van der Waals surface area contributed by atoms with E-state index in [1.807, 2.05) is 6.92 Å². The van der Waals surface area contributed by atoms with Gasteiger partial charge in [-0.3, -0.25) is 4.79 Å². The molecular weight excluding hydrogens is 174 g/mol. The lowest BCUT2D eigenvalue weighted by Crippen LogP contribution is -2.40. The molecule has 1 aliphatic carbocycles. The van der Waals surface area contributed by atoms with Gasteiger partial charge in [-0.05, 0) is 31.1 Å². The summed E-state index contributed by atoms with van der Waals surface area (Å²) >= 11 is 0. The molecule has 0 aromatic rings. The van der Waals surface area contributed by atoms with Crippen LogP contribution in [-0.2, 0) is 4.79 Å². The summed E-state index contributed by atoms with van der Waals surface area (Å²) in [6.45, 7) is 8.72. The minimum atomic E-state index is 0.0210. The Morgan fingerprint density at radius 1 is 1.43 bits per heavy atom. The maximum absolute atomic E-state index is 11.6. The van der Waals surface area contributed by atoms with Gasteiger partial charge in [0.2, 0.25) is 0 Å². The Kier molecular flexibility index (Phi) is 3.36. The molecular formula is C12H23NO.